The molecule has 0 bridgehead atoms. The largest absolute Gasteiger partial charge is 0.354 e. The fraction of sp³-hybridized carbons (Fsp3) is 0.320. The van der Waals surface area contributed by atoms with Gasteiger partial charge >= 0.3 is 0 Å². The number of amides is 1. The van der Waals surface area contributed by atoms with Crippen molar-refractivity contribution in [2.75, 3.05) is 36.4 Å². The predicted octanol–water partition coefficient (Wildman–Crippen LogP) is 3.40. The van der Waals surface area contributed by atoms with Crippen molar-refractivity contribution in [3.8, 4) is 11.3 Å². The van der Waals surface area contributed by atoms with E-state index in [4.69, 9.17) is 4.98 Å². The maximum absolute atomic E-state index is 12.7. The van der Waals surface area contributed by atoms with Gasteiger partial charge in [-0.1, -0.05) is 39.0 Å². The van der Waals surface area contributed by atoms with Gasteiger partial charge in [0.25, 0.3) is 11.5 Å². The smallest absolute Gasteiger partial charge is 0.271 e. The van der Waals surface area contributed by atoms with Crippen LogP contribution in [0.25, 0.3) is 11.3 Å². The monoisotopic (exact) mass is 431 g/mol. The molecule has 1 aromatic carbocycles. The Kier molecular flexibility index (Phi) is 6.10. The fourth-order valence-corrected chi connectivity index (χ4v) is 3.69. The summed E-state index contributed by atoms with van der Waals surface area (Å²) < 4.78 is 0. The Bertz CT molecular complexity index is 1160. The highest BCUT2D eigenvalue weighted by atomic mass is 16.2. The highest BCUT2D eigenvalue weighted by Crippen LogP contribution is 2.23. The molecule has 3 heterocycles. The summed E-state index contributed by atoms with van der Waals surface area (Å²) in [4.78, 5) is 34.8. The van der Waals surface area contributed by atoms with Gasteiger partial charge in [0.2, 0.25) is 0 Å². The Hall–Kier alpha value is -3.45. The second-order valence-corrected chi connectivity index (χ2v) is 9.03. The Morgan fingerprint density at radius 3 is 2.47 bits per heavy atom. The van der Waals surface area contributed by atoms with E-state index in [9.17, 15) is 9.59 Å². The van der Waals surface area contributed by atoms with E-state index in [-0.39, 0.29) is 22.6 Å². The third kappa shape index (κ3) is 4.89. The summed E-state index contributed by atoms with van der Waals surface area (Å²) in [5.41, 5.74) is 2.97. The van der Waals surface area contributed by atoms with Gasteiger partial charge in [0.1, 0.15) is 11.5 Å². The number of nitrogens with zero attached hydrogens (tertiary/aromatic N) is 2. The molecule has 1 fully saturated rings. The molecule has 3 N–H and O–H groups in total. The van der Waals surface area contributed by atoms with Crippen LogP contribution < -0.4 is 21.1 Å². The van der Waals surface area contributed by atoms with Crippen LogP contribution >= 0.6 is 0 Å². The van der Waals surface area contributed by atoms with Crippen molar-refractivity contribution in [2.45, 2.75) is 26.2 Å². The lowest BCUT2D eigenvalue weighted by molar-refractivity contribution is 0.102. The first-order chi connectivity index (χ1) is 15.3. The molecule has 0 radical (unpaired) electrons. The lowest BCUT2D eigenvalue weighted by atomic mass is 9.87. The molecule has 4 rings (SSSR count). The number of benzene rings is 1. The van der Waals surface area contributed by atoms with Crippen LogP contribution in [0, 0.1) is 0 Å². The van der Waals surface area contributed by atoms with Gasteiger partial charge in [0, 0.05) is 43.5 Å². The topological polar surface area (TPSA) is 90.1 Å². The van der Waals surface area contributed by atoms with Gasteiger partial charge in [0.15, 0.2) is 0 Å². The normalized spacial score (nSPS) is 14.3. The van der Waals surface area contributed by atoms with E-state index in [2.05, 4.69) is 41.3 Å². The van der Waals surface area contributed by atoms with E-state index in [1.54, 1.807) is 24.4 Å². The molecule has 0 saturated carbocycles. The summed E-state index contributed by atoms with van der Waals surface area (Å²) >= 11 is 0. The summed E-state index contributed by atoms with van der Waals surface area (Å²) in [7, 11) is 0. The standard InChI is InChI=1S/C25H29N5O2/c1-25(2,3)19-9-7-17(8-10-19)23(31)29-21-15-18(16-27-24(21)32)20-5-4-6-22(28-20)30-13-11-26-12-14-30/h4-10,15-16,26H,11-14H2,1-3H3,(H,27,32)(H,29,31). The van der Waals surface area contributed by atoms with Gasteiger partial charge < -0.3 is 20.5 Å². The van der Waals surface area contributed by atoms with E-state index in [0.29, 0.717) is 5.56 Å². The Morgan fingerprint density at radius 1 is 1.06 bits per heavy atom. The van der Waals surface area contributed by atoms with Crippen LogP contribution in [-0.2, 0) is 5.41 Å². The quantitative estimate of drug-likeness (QED) is 0.589. The van der Waals surface area contributed by atoms with Crippen LogP contribution in [0.5, 0.6) is 0 Å². The maximum atomic E-state index is 12.7. The number of pyridine rings is 2. The van der Waals surface area contributed by atoms with Gasteiger partial charge in [-0.3, -0.25) is 9.59 Å². The summed E-state index contributed by atoms with van der Waals surface area (Å²) in [6.07, 6.45) is 1.62. The molecule has 32 heavy (non-hydrogen) atoms. The zero-order valence-corrected chi connectivity index (χ0v) is 18.7. The second kappa shape index (κ2) is 8.96. The third-order valence-corrected chi connectivity index (χ3v) is 5.64. The molecular formula is C25H29N5O2. The van der Waals surface area contributed by atoms with Crippen molar-refractivity contribution in [2.24, 2.45) is 0 Å². The molecule has 166 valence electrons. The van der Waals surface area contributed by atoms with Crippen LogP contribution in [-0.4, -0.2) is 42.1 Å². The molecule has 3 aromatic rings. The molecule has 0 atom stereocenters. The Morgan fingerprint density at radius 2 is 1.78 bits per heavy atom. The summed E-state index contributed by atoms with van der Waals surface area (Å²) in [6, 6.07) is 15.0. The molecule has 0 unspecified atom stereocenters. The minimum absolute atomic E-state index is 0.00668. The first-order valence-electron chi connectivity index (χ1n) is 10.9. The fourth-order valence-electron chi connectivity index (χ4n) is 3.69. The average molecular weight is 432 g/mol. The first kappa shape index (κ1) is 21.8. The molecule has 0 spiro atoms. The number of nitrogens with one attached hydrogen (secondary N) is 3. The lowest BCUT2D eigenvalue weighted by Gasteiger charge is -2.28. The zero-order valence-electron chi connectivity index (χ0n) is 18.7. The number of anilines is 2. The molecule has 1 aliphatic heterocycles. The van der Waals surface area contributed by atoms with Crippen molar-refractivity contribution in [1.82, 2.24) is 15.3 Å². The SMILES string of the molecule is CC(C)(C)c1ccc(C(=O)Nc2cc(-c3cccc(N4CCNCC4)n3)c[nH]c2=O)cc1. The number of piperazine rings is 1. The second-order valence-electron chi connectivity index (χ2n) is 9.03. The van der Waals surface area contributed by atoms with Crippen molar-refractivity contribution < 1.29 is 4.79 Å². The van der Waals surface area contributed by atoms with Gasteiger partial charge in [-0.2, -0.15) is 0 Å². The van der Waals surface area contributed by atoms with Crippen molar-refractivity contribution >= 4 is 17.4 Å². The van der Waals surface area contributed by atoms with E-state index in [1.807, 2.05) is 30.3 Å². The van der Waals surface area contributed by atoms with E-state index in [0.717, 1.165) is 48.8 Å². The minimum Gasteiger partial charge on any atom is -0.354 e. The van der Waals surface area contributed by atoms with Gasteiger partial charge in [-0.15, -0.1) is 0 Å². The van der Waals surface area contributed by atoms with E-state index >= 15 is 0 Å². The molecular weight excluding hydrogens is 402 g/mol. The van der Waals surface area contributed by atoms with Crippen molar-refractivity contribution in [3.05, 3.63) is 76.2 Å². The number of aromatic nitrogens is 2. The Labute approximate surface area is 187 Å². The van der Waals surface area contributed by atoms with E-state index in [1.165, 1.54) is 0 Å². The molecule has 1 aliphatic rings. The van der Waals surface area contributed by atoms with Crippen molar-refractivity contribution in [3.63, 3.8) is 0 Å². The van der Waals surface area contributed by atoms with Crippen LogP contribution in [0.1, 0.15) is 36.7 Å². The van der Waals surface area contributed by atoms with Crippen LogP contribution in [0.3, 0.4) is 0 Å². The third-order valence-electron chi connectivity index (χ3n) is 5.64. The van der Waals surface area contributed by atoms with E-state index < -0.39 is 0 Å². The van der Waals surface area contributed by atoms with Gasteiger partial charge in [-0.05, 0) is 41.3 Å². The van der Waals surface area contributed by atoms with Gasteiger partial charge in [-0.25, -0.2) is 4.98 Å². The minimum atomic E-state index is -0.355. The molecule has 2 aromatic heterocycles. The Balaban J connectivity index is 1.55. The summed E-state index contributed by atoms with van der Waals surface area (Å²) in [5, 5.41) is 6.08. The number of rotatable bonds is 4. The first-order valence-corrected chi connectivity index (χ1v) is 10.9. The average Bonchev–Trinajstić information content (AvgIpc) is 2.80. The summed E-state index contributed by atoms with van der Waals surface area (Å²) in [6.45, 7) is 10.0. The predicted molar refractivity (Wildman–Crippen MR) is 128 cm³/mol. The molecule has 1 amide bonds. The van der Waals surface area contributed by atoms with Gasteiger partial charge in [0.05, 0.1) is 5.69 Å². The van der Waals surface area contributed by atoms with Crippen LogP contribution in [0.15, 0.2) is 59.5 Å². The highest BCUT2D eigenvalue weighted by molar-refractivity contribution is 6.04. The number of carbonyl (C=O) groups excluding carboxylic acids is 1. The number of H-pyrrole nitrogens is 1. The van der Waals surface area contributed by atoms with Crippen LogP contribution in [0.2, 0.25) is 0 Å². The molecule has 7 heteroatoms. The van der Waals surface area contributed by atoms with Crippen molar-refractivity contribution in [1.29, 1.82) is 0 Å². The number of aromatic amines is 1. The molecule has 0 aliphatic carbocycles. The highest BCUT2D eigenvalue weighted by Gasteiger charge is 2.16. The molecule has 1 saturated heterocycles. The zero-order chi connectivity index (χ0) is 22.7. The lowest BCUT2D eigenvalue weighted by Crippen LogP contribution is -2.43. The number of hydrogen-bond acceptors (Lipinski definition) is 5. The summed E-state index contributed by atoms with van der Waals surface area (Å²) in [5.74, 6) is 0.579. The number of carbonyl (C=O) groups is 1. The van der Waals surface area contributed by atoms with Crippen LogP contribution in [0.4, 0.5) is 11.5 Å². The maximum Gasteiger partial charge on any atom is 0.271 e. The molecule has 7 nitrogen and oxygen atoms in total. The number of hydrogen-bond donors (Lipinski definition) is 3.